The first-order chi connectivity index (χ1) is 10.1. The molecule has 0 unspecified atom stereocenters. The summed E-state index contributed by atoms with van der Waals surface area (Å²) in [5.74, 6) is 1.15. The number of aromatic nitrogens is 2. The number of nitrogens with one attached hydrogen (secondary N) is 1. The third kappa shape index (κ3) is 4.82. The molecule has 5 nitrogen and oxygen atoms in total. The topological polar surface area (TPSA) is 64.1 Å². The highest BCUT2D eigenvalue weighted by Crippen LogP contribution is 2.20. The first-order valence-corrected chi connectivity index (χ1v) is 7.59. The van der Waals surface area contributed by atoms with Crippen LogP contribution in [0.2, 0.25) is 0 Å². The quantitative estimate of drug-likeness (QED) is 0.830. The summed E-state index contributed by atoms with van der Waals surface area (Å²) < 4.78 is 9.00. The maximum absolute atomic E-state index is 11.3. The van der Waals surface area contributed by atoms with E-state index >= 15 is 0 Å². The fraction of sp³-hybridized carbons (Fsp3) is 0.400. The monoisotopic (exact) mass is 305 g/mol. The Bertz CT molecular complexity index is 610. The second-order valence-electron chi connectivity index (χ2n) is 5.19. The zero-order valence-electron chi connectivity index (χ0n) is 12.4. The van der Waals surface area contributed by atoms with Crippen LogP contribution in [0.1, 0.15) is 25.2 Å². The molecule has 1 N–H and O–H groups in total. The summed E-state index contributed by atoms with van der Waals surface area (Å²) in [4.78, 5) is 15.8. The Morgan fingerprint density at radius 2 is 2.24 bits per heavy atom. The van der Waals surface area contributed by atoms with Gasteiger partial charge < -0.3 is 10.1 Å². The number of benzene rings is 1. The Morgan fingerprint density at radius 3 is 2.95 bits per heavy atom. The lowest BCUT2D eigenvalue weighted by Gasteiger charge is -2.05. The number of methoxy groups -OCH3 is 1. The lowest BCUT2D eigenvalue weighted by Crippen LogP contribution is -2.04. The van der Waals surface area contributed by atoms with Crippen molar-refractivity contribution in [2.24, 2.45) is 5.92 Å². The molecule has 0 saturated carbocycles. The minimum Gasteiger partial charge on any atom is -0.469 e. The van der Waals surface area contributed by atoms with E-state index in [4.69, 9.17) is 0 Å². The molecule has 1 aromatic carbocycles. The Balaban J connectivity index is 2.03. The second-order valence-corrected chi connectivity index (χ2v) is 5.94. The lowest BCUT2D eigenvalue weighted by atomic mass is 10.1. The highest BCUT2D eigenvalue weighted by Gasteiger charge is 2.07. The maximum Gasteiger partial charge on any atom is 0.309 e. The first kappa shape index (κ1) is 15.4. The normalized spacial score (nSPS) is 10.7. The van der Waals surface area contributed by atoms with E-state index in [1.807, 2.05) is 24.3 Å². The van der Waals surface area contributed by atoms with Gasteiger partial charge in [0, 0.05) is 23.6 Å². The Morgan fingerprint density at radius 1 is 1.43 bits per heavy atom. The van der Waals surface area contributed by atoms with E-state index in [1.165, 1.54) is 18.6 Å². The molecule has 0 aliphatic heterocycles. The number of ether oxygens (including phenoxy) is 1. The van der Waals surface area contributed by atoms with Crippen LogP contribution in [0, 0.1) is 5.92 Å². The van der Waals surface area contributed by atoms with Gasteiger partial charge in [0.1, 0.15) is 5.82 Å². The number of hydrogen-bond donors (Lipinski definition) is 1. The van der Waals surface area contributed by atoms with Gasteiger partial charge in [0.2, 0.25) is 5.13 Å². The molecule has 0 atom stereocenters. The van der Waals surface area contributed by atoms with Gasteiger partial charge in [-0.1, -0.05) is 26.0 Å². The standard InChI is InChI=1S/C15H19N3O2S/c1-10(2)7-13-17-15(21-18-13)16-12-6-4-5-11(8-12)9-14(19)20-3/h4-6,8,10H,7,9H2,1-3H3,(H,16,17,18). The van der Waals surface area contributed by atoms with Crippen LogP contribution in [0.3, 0.4) is 0 Å². The van der Waals surface area contributed by atoms with Crippen LogP contribution < -0.4 is 5.32 Å². The third-order valence-corrected chi connectivity index (χ3v) is 3.48. The highest BCUT2D eigenvalue weighted by atomic mass is 32.1. The molecule has 0 amide bonds. The van der Waals surface area contributed by atoms with Crippen molar-refractivity contribution in [2.45, 2.75) is 26.7 Å². The van der Waals surface area contributed by atoms with Crippen molar-refractivity contribution in [2.75, 3.05) is 12.4 Å². The average molecular weight is 305 g/mol. The van der Waals surface area contributed by atoms with Gasteiger partial charge in [-0.25, -0.2) is 4.98 Å². The summed E-state index contributed by atoms with van der Waals surface area (Å²) in [6, 6.07) is 7.65. The van der Waals surface area contributed by atoms with Crippen molar-refractivity contribution in [3.63, 3.8) is 0 Å². The smallest absolute Gasteiger partial charge is 0.309 e. The molecule has 6 heteroatoms. The molecule has 0 fully saturated rings. The number of esters is 1. The van der Waals surface area contributed by atoms with Gasteiger partial charge in [-0.05, 0) is 23.6 Å². The Labute approximate surface area is 128 Å². The van der Waals surface area contributed by atoms with E-state index in [1.54, 1.807) is 0 Å². The summed E-state index contributed by atoms with van der Waals surface area (Å²) in [6.07, 6.45) is 1.14. The first-order valence-electron chi connectivity index (χ1n) is 6.82. The predicted molar refractivity (Wildman–Crippen MR) is 83.9 cm³/mol. The Hall–Kier alpha value is -1.95. The number of nitrogens with zero attached hydrogens (tertiary/aromatic N) is 2. The number of anilines is 2. The fourth-order valence-electron chi connectivity index (χ4n) is 1.87. The van der Waals surface area contributed by atoms with Crippen molar-refractivity contribution in [1.82, 2.24) is 9.36 Å². The van der Waals surface area contributed by atoms with Crippen molar-refractivity contribution in [3.05, 3.63) is 35.7 Å². The number of carbonyl (C=O) groups excluding carboxylic acids is 1. The van der Waals surface area contributed by atoms with Gasteiger partial charge >= 0.3 is 5.97 Å². The molecule has 0 aliphatic rings. The predicted octanol–water partition coefficient (Wildman–Crippen LogP) is 3.20. The van der Waals surface area contributed by atoms with Gasteiger partial charge in [0.25, 0.3) is 0 Å². The zero-order valence-corrected chi connectivity index (χ0v) is 13.2. The minimum atomic E-state index is -0.248. The molecule has 0 spiro atoms. The van der Waals surface area contributed by atoms with Gasteiger partial charge in [0.05, 0.1) is 13.5 Å². The van der Waals surface area contributed by atoms with Gasteiger partial charge in [-0.3, -0.25) is 4.79 Å². The summed E-state index contributed by atoms with van der Waals surface area (Å²) >= 11 is 1.35. The van der Waals surface area contributed by atoms with Crippen LogP contribution >= 0.6 is 11.5 Å². The Kier molecular flexibility index (Phi) is 5.27. The molecule has 0 radical (unpaired) electrons. The minimum absolute atomic E-state index is 0.248. The molecule has 21 heavy (non-hydrogen) atoms. The van der Waals surface area contributed by atoms with E-state index in [0.29, 0.717) is 5.92 Å². The van der Waals surface area contributed by atoms with Gasteiger partial charge in [0.15, 0.2) is 0 Å². The summed E-state index contributed by atoms with van der Waals surface area (Å²) in [5, 5.41) is 3.99. The van der Waals surface area contributed by atoms with Gasteiger partial charge in [-0.15, -0.1) is 0 Å². The van der Waals surface area contributed by atoms with Crippen LogP contribution in [0.5, 0.6) is 0 Å². The van der Waals surface area contributed by atoms with Crippen LogP contribution in [-0.4, -0.2) is 22.4 Å². The number of carbonyl (C=O) groups is 1. The molecular formula is C15H19N3O2S. The van der Waals surface area contributed by atoms with Crippen LogP contribution in [0.4, 0.5) is 10.8 Å². The molecule has 0 aliphatic carbocycles. The van der Waals surface area contributed by atoms with Crippen LogP contribution in [0.15, 0.2) is 24.3 Å². The fourth-order valence-corrected chi connectivity index (χ4v) is 2.49. The van der Waals surface area contributed by atoms with Crippen LogP contribution in [-0.2, 0) is 22.4 Å². The summed E-state index contributed by atoms with van der Waals surface area (Å²) in [5.41, 5.74) is 1.79. The molecule has 2 rings (SSSR count). The van der Waals surface area contributed by atoms with E-state index in [2.05, 4.69) is 33.3 Å². The maximum atomic E-state index is 11.3. The molecule has 0 saturated heterocycles. The second kappa shape index (κ2) is 7.17. The average Bonchev–Trinajstić information content (AvgIpc) is 2.85. The summed E-state index contributed by atoms with van der Waals surface area (Å²) in [7, 11) is 1.39. The molecule has 0 bridgehead atoms. The van der Waals surface area contributed by atoms with Crippen molar-refractivity contribution >= 4 is 28.3 Å². The summed E-state index contributed by atoms with van der Waals surface area (Å²) in [6.45, 7) is 4.29. The van der Waals surface area contributed by atoms with E-state index in [-0.39, 0.29) is 12.4 Å². The van der Waals surface area contributed by atoms with Crippen LogP contribution in [0.25, 0.3) is 0 Å². The van der Waals surface area contributed by atoms with E-state index < -0.39 is 0 Å². The van der Waals surface area contributed by atoms with E-state index in [0.717, 1.165) is 28.6 Å². The van der Waals surface area contributed by atoms with Crippen molar-refractivity contribution < 1.29 is 9.53 Å². The SMILES string of the molecule is COC(=O)Cc1cccc(Nc2nc(CC(C)C)ns2)c1. The zero-order chi connectivity index (χ0) is 15.2. The van der Waals surface area contributed by atoms with Crippen molar-refractivity contribution in [1.29, 1.82) is 0 Å². The van der Waals surface area contributed by atoms with E-state index in [9.17, 15) is 4.79 Å². The molecule has 2 aromatic rings. The molecule has 1 heterocycles. The van der Waals surface area contributed by atoms with Crippen molar-refractivity contribution in [3.8, 4) is 0 Å². The number of rotatable bonds is 6. The molecule has 112 valence electrons. The largest absolute Gasteiger partial charge is 0.469 e. The lowest BCUT2D eigenvalue weighted by molar-refractivity contribution is -0.139. The highest BCUT2D eigenvalue weighted by molar-refractivity contribution is 7.09. The molecule has 1 aromatic heterocycles. The molecular weight excluding hydrogens is 286 g/mol. The van der Waals surface area contributed by atoms with Gasteiger partial charge in [-0.2, -0.15) is 4.37 Å². The number of hydrogen-bond acceptors (Lipinski definition) is 6. The third-order valence-electron chi connectivity index (χ3n) is 2.81.